The van der Waals surface area contributed by atoms with E-state index in [9.17, 15) is 10.1 Å². The zero-order valence-corrected chi connectivity index (χ0v) is 11.6. The second kappa shape index (κ2) is 5.25. The molecule has 0 aliphatic carbocycles. The number of hydrogen-bond donors (Lipinski definition) is 0. The maximum absolute atomic E-state index is 10.6. The van der Waals surface area contributed by atoms with Gasteiger partial charge in [0.1, 0.15) is 0 Å². The van der Waals surface area contributed by atoms with Crippen molar-refractivity contribution < 1.29 is 4.92 Å². The van der Waals surface area contributed by atoms with Crippen molar-refractivity contribution in [3.05, 3.63) is 76.0 Å². The van der Waals surface area contributed by atoms with Crippen LogP contribution in [0.2, 0.25) is 0 Å². The van der Waals surface area contributed by atoms with E-state index in [4.69, 9.17) is 0 Å². The van der Waals surface area contributed by atoms with Crippen molar-refractivity contribution in [2.75, 3.05) is 0 Å². The summed E-state index contributed by atoms with van der Waals surface area (Å²) in [6, 6.07) is 16.9. The Morgan fingerprint density at radius 2 is 1.76 bits per heavy atom. The van der Waals surface area contributed by atoms with Crippen molar-refractivity contribution >= 4 is 28.7 Å². The lowest BCUT2D eigenvalue weighted by molar-refractivity contribution is -0.384. The molecule has 1 heterocycles. The molecule has 0 saturated heterocycles. The smallest absolute Gasteiger partial charge is 0.269 e. The van der Waals surface area contributed by atoms with E-state index in [0.29, 0.717) is 0 Å². The lowest BCUT2D eigenvalue weighted by Gasteiger charge is -1.99. The summed E-state index contributed by atoms with van der Waals surface area (Å²) in [7, 11) is 2.03. The fourth-order valence-corrected chi connectivity index (χ4v) is 2.36. The van der Waals surface area contributed by atoms with Crippen molar-refractivity contribution in [1.82, 2.24) is 4.57 Å². The van der Waals surface area contributed by atoms with Gasteiger partial charge in [0.15, 0.2) is 0 Å². The highest BCUT2D eigenvalue weighted by atomic mass is 16.6. The average Bonchev–Trinajstić information content (AvgIpc) is 2.82. The molecule has 0 atom stereocenters. The normalized spacial score (nSPS) is 11.3. The molecule has 0 N–H and O–H groups in total. The highest BCUT2D eigenvalue weighted by molar-refractivity contribution is 5.85. The topological polar surface area (TPSA) is 48.1 Å². The average molecular weight is 278 g/mol. The zero-order valence-electron chi connectivity index (χ0n) is 11.6. The number of aryl methyl sites for hydroxylation is 1. The first-order valence-electron chi connectivity index (χ1n) is 6.62. The first kappa shape index (κ1) is 13.1. The summed E-state index contributed by atoms with van der Waals surface area (Å²) in [4.78, 5) is 10.2. The van der Waals surface area contributed by atoms with Crippen LogP contribution in [0.15, 0.2) is 54.6 Å². The van der Waals surface area contributed by atoms with Gasteiger partial charge in [-0.15, -0.1) is 0 Å². The number of rotatable bonds is 3. The quantitative estimate of drug-likeness (QED) is 0.531. The van der Waals surface area contributed by atoms with Gasteiger partial charge in [-0.3, -0.25) is 10.1 Å². The molecule has 0 saturated carbocycles. The van der Waals surface area contributed by atoms with E-state index >= 15 is 0 Å². The van der Waals surface area contributed by atoms with Crippen LogP contribution in [0.5, 0.6) is 0 Å². The Labute approximate surface area is 122 Å². The molecular weight excluding hydrogens is 264 g/mol. The van der Waals surface area contributed by atoms with E-state index in [0.717, 1.165) is 11.3 Å². The molecule has 0 radical (unpaired) electrons. The predicted molar refractivity (Wildman–Crippen MR) is 84.9 cm³/mol. The minimum absolute atomic E-state index is 0.108. The van der Waals surface area contributed by atoms with Crippen LogP contribution >= 0.6 is 0 Å². The van der Waals surface area contributed by atoms with Gasteiger partial charge in [0.2, 0.25) is 0 Å². The first-order chi connectivity index (χ1) is 10.1. The molecule has 0 bridgehead atoms. The monoisotopic (exact) mass is 278 g/mol. The standard InChI is InChI=1S/C17H14N2O2/c1-18-16(12-14-4-2-3-5-17(14)18)11-8-13-6-9-15(10-7-13)19(20)21/h2-12H,1H3/b11-8+. The highest BCUT2D eigenvalue weighted by Gasteiger charge is 2.03. The summed E-state index contributed by atoms with van der Waals surface area (Å²) in [6.45, 7) is 0. The van der Waals surface area contributed by atoms with Gasteiger partial charge in [-0.1, -0.05) is 24.3 Å². The van der Waals surface area contributed by atoms with E-state index in [1.165, 1.54) is 23.0 Å². The molecule has 3 aromatic rings. The first-order valence-corrected chi connectivity index (χ1v) is 6.62. The molecule has 104 valence electrons. The van der Waals surface area contributed by atoms with E-state index in [1.54, 1.807) is 12.1 Å². The Morgan fingerprint density at radius 3 is 2.43 bits per heavy atom. The van der Waals surface area contributed by atoms with Crippen LogP contribution in [0, 0.1) is 10.1 Å². The summed E-state index contributed by atoms with van der Waals surface area (Å²) >= 11 is 0. The van der Waals surface area contributed by atoms with Gasteiger partial charge < -0.3 is 4.57 Å². The maximum Gasteiger partial charge on any atom is 0.269 e. The molecule has 0 aliphatic rings. The minimum atomic E-state index is -0.391. The fourth-order valence-electron chi connectivity index (χ4n) is 2.36. The molecular formula is C17H14N2O2. The van der Waals surface area contributed by atoms with Crippen molar-refractivity contribution in [1.29, 1.82) is 0 Å². The molecule has 0 aliphatic heterocycles. The van der Waals surface area contributed by atoms with Crippen LogP contribution in [0.1, 0.15) is 11.3 Å². The summed E-state index contributed by atoms with van der Waals surface area (Å²) in [5, 5.41) is 11.8. The van der Waals surface area contributed by atoms with Crippen molar-refractivity contribution in [2.24, 2.45) is 7.05 Å². The highest BCUT2D eigenvalue weighted by Crippen LogP contribution is 2.20. The van der Waals surface area contributed by atoms with Gasteiger partial charge in [0, 0.05) is 35.8 Å². The van der Waals surface area contributed by atoms with E-state index in [1.807, 2.05) is 31.3 Å². The van der Waals surface area contributed by atoms with E-state index in [-0.39, 0.29) is 5.69 Å². The summed E-state index contributed by atoms with van der Waals surface area (Å²) in [6.07, 6.45) is 3.97. The lowest BCUT2D eigenvalue weighted by Crippen LogP contribution is -1.89. The van der Waals surface area contributed by atoms with Crippen molar-refractivity contribution in [3.63, 3.8) is 0 Å². The number of nitro benzene ring substituents is 1. The van der Waals surface area contributed by atoms with Crippen molar-refractivity contribution in [2.45, 2.75) is 0 Å². The van der Waals surface area contributed by atoms with Gasteiger partial charge in [0.05, 0.1) is 4.92 Å². The molecule has 0 amide bonds. The lowest BCUT2D eigenvalue weighted by atomic mass is 10.2. The van der Waals surface area contributed by atoms with Crippen LogP contribution in [0.3, 0.4) is 0 Å². The molecule has 0 fully saturated rings. The molecule has 2 aromatic carbocycles. The Bertz CT molecular complexity index is 830. The van der Waals surface area contributed by atoms with Crippen LogP contribution in [-0.2, 0) is 7.05 Å². The zero-order chi connectivity index (χ0) is 14.8. The molecule has 0 unspecified atom stereocenters. The van der Waals surface area contributed by atoms with E-state index < -0.39 is 4.92 Å². The van der Waals surface area contributed by atoms with Gasteiger partial charge >= 0.3 is 0 Å². The van der Waals surface area contributed by atoms with E-state index in [2.05, 4.69) is 22.8 Å². The minimum Gasteiger partial charge on any atom is -0.344 e. The second-order valence-corrected chi connectivity index (χ2v) is 4.87. The third-order valence-electron chi connectivity index (χ3n) is 3.54. The molecule has 4 nitrogen and oxygen atoms in total. The number of non-ortho nitro benzene ring substituents is 1. The summed E-state index contributed by atoms with van der Waals surface area (Å²) in [5.74, 6) is 0. The van der Waals surface area contributed by atoms with Gasteiger partial charge in [-0.2, -0.15) is 0 Å². The molecule has 1 aromatic heterocycles. The number of nitro groups is 1. The number of aromatic nitrogens is 1. The number of fused-ring (bicyclic) bond motifs is 1. The molecule has 4 heteroatoms. The van der Waals surface area contributed by atoms with Crippen molar-refractivity contribution in [3.8, 4) is 0 Å². The van der Waals surface area contributed by atoms with Crippen LogP contribution in [0.25, 0.3) is 23.1 Å². The Balaban J connectivity index is 1.90. The largest absolute Gasteiger partial charge is 0.344 e. The Hall–Kier alpha value is -2.88. The Morgan fingerprint density at radius 1 is 1.05 bits per heavy atom. The molecule has 21 heavy (non-hydrogen) atoms. The number of hydrogen-bond acceptors (Lipinski definition) is 2. The number of benzene rings is 2. The van der Waals surface area contributed by atoms with Crippen LogP contribution in [0.4, 0.5) is 5.69 Å². The van der Waals surface area contributed by atoms with Gasteiger partial charge in [-0.25, -0.2) is 0 Å². The third-order valence-corrected chi connectivity index (χ3v) is 3.54. The number of para-hydroxylation sites is 1. The maximum atomic E-state index is 10.6. The predicted octanol–water partition coefficient (Wildman–Crippen LogP) is 4.26. The number of nitrogens with zero attached hydrogens (tertiary/aromatic N) is 2. The third kappa shape index (κ3) is 2.56. The van der Waals surface area contributed by atoms with Gasteiger partial charge in [0.25, 0.3) is 5.69 Å². The van der Waals surface area contributed by atoms with Crippen LogP contribution < -0.4 is 0 Å². The van der Waals surface area contributed by atoms with Gasteiger partial charge in [-0.05, 0) is 35.9 Å². The molecule has 0 spiro atoms. The molecule has 3 rings (SSSR count). The SMILES string of the molecule is Cn1c(/C=C/c2ccc([N+](=O)[O-])cc2)cc2ccccc21. The second-order valence-electron chi connectivity index (χ2n) is 4.87. The van der Waals surface area contributed by atoms with Crippen LogP contribution in [-0.4, -0.2) is 9.49 Å². The fraction of sp³-hybridized carbons (Fsp3) is 0.0588. The summed E-state index contributed by atoms with van der Waals surface area (Å²) in [5.41, 5.74) is 3.32. The Kier molecular flexibility index (Phi) is 3.28. The summed E-state index contributed by atoms with van der Waals surface area (Å²) < 4.78 is 2.12.